The minimum Gasteiger partial charge on any atom is -1.00 e. The summed E-state index contributed by atoms with van der Waals surface area (Å²) in [6, 6.07) is 0. The van der Waals surface area contributed by atoms with Gasteiger partial charge in [-0.2, -0.15) is 0 Å². The largest absolute Gasteiger partial charge is 2.00 e. The minimum absolute atomic E-state index is 0. The van der Waals surface area contributed by atoms with Crippen molar-refractivity contribution in [1.82, 2.24) is 0 Å². The summed E-state index contributed by atoms with van der Waals surface area (Å²) < 4.78 is 9.81. The molecule has 452 valence electrons. The van der Waals surface area contributed by atoms with Gasteiger partial charge in [-0.25, -0.2) is 9.59 Å². The number of rotatable bonds is 58. The second-order valence-corrected chi connectivity index (χ2v) is 21.9. The van der Waals surface area contributed by atoms with Crippen molar-refractivity contribution < 1.29 is 82.9 Å². The number of carbonyl (C=O) groups is 4. The van der Waals surface area contributed by atoms with E-state index in [2.05, 4.69) is 20.8 Å². The van der Waals surface area contributed by atoms with Crippen LogP contribution in [0.3, 0.4) is 0 Å². The molecular formula is C65H129CaNaO10. The molecule has 0 rings (SSSR count). The van der Waals surface area contributed by atoms with E-state index < -0.39 is 24.0 Å². The third kappa shape index (κ3) is 87.2. The molecule has 0 spiro atoms. The van der Waals surface area contributed by atoms with Crippen molar-refractivity contribution in [2.75, 3.05) is 19.8 Å². The van der Waals surface area contributed by atoms with Crippen LogP contribution >= 0.6 is 0 Å². The van der Waals surface area contributed by atoms with Gasteiger partial charge in [0.05, 0.1) is 13.2 Å². The van der Waals surface area contributed by atoms with Gasteiger partial charge < -0.3 is 34.2 Å². The van der Waals surface area contributed by atoms with Crippen molar-refractivity contribution in [2.24, 2.45) is 0 Å². The zero-order chi connectivity index (χ0) is 55.6. The van der Waals surface area contributed by atoms with Gasteiger partial charge in [-0.1, -0.05) is 323 Å². The molecule has 0 heterocycles. The standard InChI is InChI=1S/C25H50O4.C22H40O4.C18H36O2.Ca.Na.3H/c1-2-3-4-5-6-7-8-9-10-11-12-13-14-15-16-17-18-19-20-21-25(28)29-23-24(27)22-26;1-2-3-4-5-6-7-8-9-10-11-12-13-14-15-16-17-20-26-22(25)19-18-21(23)24;1-2-3-4-5-6-7-8-9-10-11-12-13-14-15-16-17-18(19)20;;;;;/h24,26-27H,2-23H2,1H3;18-19H,2-17,20H2,1H3,(H,23,24);2-17H2,1H3,(H,19,20);;;;;/q;;;+2;+1;3*-1/b;19-18+;;;;;;. The quantitative estimate of drug-likeness (QED) is 0.0199. The summed E-state index contributed by atoms with van der Waals surface area (Å²) in [6.45, 7) is 6.72. The Hall–Kier alpha value is -0.200. The van der Waals surface area contributed by atoms with Crippen LogP contribution in [0.2, 0.25) is 0 Å². The summed E-state index contributed by atoms with van der Waals surface area (Å²) in [7, 11) is 0. The number of aliphatic hydroxyl groups is 2. The number of carbonyl (C=O) groups excluding carboxylic acids is 2. The maximum atomic E-state index is 11.4. The second kappa shape index (κ2) is 77.9. The van der Waals surface area contributed by atoms with Crippen molar-refractivity contribution in [3.05, 3.63) is 12.2 Å². The Balaban J connectivity index is -0.000000159. The predicted molar refractivity (Wildman–Crippen MR) is 326 cm³/mol. The van der Waals surface area contributed by atoms with Crippen LogP contribution in [0.1, 0.15) is 359 Å². The molecular weight excluding hydrogens is 1000 g/mol. The van der Waals surface area contributed by atoms with E-state index in [-0.39, 0.29) is 90.8 Å². The molecule has 0 bridgehead atoms. The Morgan fingerprint density at radius 1 is 0.377 bits per heavy atom. The normalized spacial score (nSPS) is 11.2. The van der Waals surface area contributed by atoms with Gasteiger partial charge >= 0.3 is 91.2 Å². The molecule has 1 atom stereocenters. The smallest absolute Gasteiger partial charge is 1.00 e. The Kier molecular flexibility index (Phi) is 86.6. The average Bonchev–Trinajstić information content (AvgIpc) is 3.40. The fraction of sp³-hybridized carbons (Fsp3) is 0.908. The van der Waals surface area contributed by atoms with Crippen molar-refractivity contribution in [2.45, 2.75) is 361 Å². The monoisotopic (exact) mass is 1130 g/mol. The fourth-order valence-electron chi connectivity index (χ4n) is 9.32. The Morgan fingerprint density at radius 3 is 0.870 bits per heavy atom. The van der Waals surface area contributed by atoms with Crippen LogP contribution in [0.5, 0.6) is 0 Å². The van der Waals surface area contributed by atoms with Gasteiger partial charge in [0.15, 0.2) is 0 Å². The summed E-state index contributed by atoms with van der Waals surface area (Å²) in [5, 5.41) is 34.7. The Morgan fingerprint density at radius 2 is 0.623 bits per heavy atom. The van der Waals surface area contributed by atoms with E-state index in [0.717, 1.165) is 50.7 Å². The van der Waals surface area contributed by atoms with Crippen LogP contribution in [0.25, 0.3) is 0 Å². The topological polar surface area (TPSA) is 168 Å². The maximum Gasteiger partial charge on any atom is 2.00 e. The summed E-state index contributed by atoms with van der Waals surface area (Å²) in [5.74, 6) is -2.64. The molecule has 0 aromatic carbocycles. The molecule has 1 unspecified atom stereocenters. The van der Waals surface area contributed by atoms with Gasteiger partial charge in [0.1, 0.15) is 12.7 Å². The number of unbranched alkanes of at least 4 members (excludes halogenated alkanes) is 47. The zero-order valence-electron chi connectivity index (χ0n) is 54.6. The van der Waals surface area contributed by atoms with Crippen molar-refractivity contribution in [1.29, 1.82) is 0 Å². The first-order chi connectivity index (χ1) is 36.6. The SMILES string of the molecule is CCCCCCCCCCCCCCCCCC(=O)O.CCCCCCCCCCCCCCCCCCCCCC(=O)OCC(O)CO.CCCCCCCCCCCCCCCCCCOC(=O)/C=C/C(=O)O.[Ca+2].[H-].[H-].[H-].[Na+]. The number of carboxylic acids is 2. The van der Waals surface area contributed by atoms with Gasteiger partial charge in [0, 0.05) is 25.0 Å². The first-order valence-corrected chi connectivity index (χ1v) is 32.4. The fourth-order valence-corrected chi connectivity index (χ4v) is 9.32. The minimum atomic E-state index is -1.13. The van der Waals surface area contributed by atoms with Crippen LogP contribution < -0.4 is 29.6 Å². The molecule has 0 radical (unpaired) electrons. The number of esters is 2. The van der Waals surface area contributed by atoms with E-state index >= 15 is 0 Å². The van der Waals surface area contributed by atoms with E-state index in [0.29, 0.717) is 19.4 Å². The van der Waals surface area contributed by atoms with E-state index in [1.165, 1.54) is 283 Å². The molecule has 0 fully saturated rings. The molecule has 0 aromatic heterocycles. The molecule has 0 aliphatic carbocycles. The van der Waals surface area contributed by atoms with Crippen LogP contribution in [0.4, 0.5) is 0 Å². The molecule has 12 heteroatoms. The number of ether oxygens (including phenoxy) is 2. The van der Waals surface area contributed by atoms with Gasteiger partial charge in [-0.3, -0.25) is 9.59 Å². The Labute approximate surface area is 532 Å². The van der Waals surface area contributed by atoms with Crippen molar-refractivity contribution in [3.63, 3.8) is 0 Å². The van der Waals surface area contributed by atoms with Gasteiger partial charge in [0.25, 0.3) is 0 Å². The average molecular weight is 1130 g/mol. The Bertz CT molecular complexity index is 1210. The number of hydrogen-bond donors (Lipinski definition) is 4. The van der Waals surface area contributed by atoms with Gasteiger partial charge in [-0.05, 0) is 19.3 Å². The first-order valence-electron chi connectivity index (χ1n) is 32.4. The van der Waals surface area contributed by atoms with Gasteiger partial charge in [-0.15, -0.1) is 0 Å². The predicted octanol–water partition coefficient (Wildman–Crippen LogP) is 16.4. The van der Waals surface area contributed by atoms with Crippen LogP contribution in [-0.2, 0) is 28.7 Å². The molecule has 0 amide bonds. The summed E-state index contributed by atoms with van der Waals surface area (Å²) in [6.07, 6.45) is 67.8. The molecule has 0 saturated carbocycles. The molecule has 77 heavy (non-hydrogen) atoms. The molecule has 0 saturated heterocycles. The van der Waals surface area contributed by atoms with E-state index in [1.54, 1.807) is 0 Å². The summed E-state index contributed by atoms with van der Waals surface area (Å²) in [4.78, 5) is 43.1. The molecule has 10 nitrogen and oxygen atoms in total. The van der Waals surface area contributed by atoms with E-state index in [1.807, 2.05) is 0 Å². The second-order valence-electron chi connectivity index (χ2n) is 21.9. The number of hydrogen-bond acceptors (Lipinski definition) is 8. The molecule has 0 aromatic rings. The van der Waals surface area contributed by atoms with Crippen molar-refractivity contribution in [3.8, 4) is 0 Å². The first kappa shape index (κ1) is 85.6. The van der Waals surface area contributed by atoms with Crippen LogP contribution in [-0.4, -0.2) is 108 Å². The third-order valence-electron chi connectivity index (χ3n) is 14.2. The van der Waals surface area contributed by atoms with E-state index in [9.17, 15) is 19.2 Å². The summed E-state index contributed by atoms with van der Waals surface area (Å²) >= 11 is 0. The van der Waals surface area contributed by atoms with Crippen LogP contribution in [0.15, 0.2) is 12.2 Å². The molecule has 0 aliphatic heterocycles. The van der Waals surface area contributed by atoms with E-state index in [4.69, 9.17) is 29.9 Å². The molecule has 0 aliphatic rings. The number of aliphatic hydroxyl groups excluding tert-OH is 2. The molecule has 4 N–H and O–H groups in total. The number of aliphatic carboxylic acids is 2. The maximum absolute atomic E-state index is 11.4. The summed E-state index contributed by atoms with van der Waals surface area (Å²) in [5.41, 5.74) is 0. The van der Waals surface area contributed by atoms with Gasteiger partial charge in [0.2, 0.25) is 0 Å². The third-order valence-corrected chi connectivity index (χ3v) is 14.2. The number of carboxylic acid groups (broad SMARTS) is 2. The van der Waals surface area contributed by atoms with Crippen molar-refractivity contribution >= 4 is 61.6 Å². The van der Waals surface area contributed by atoms with Crippen LogP contribution in [0, 0.1) is 0 Å². The zero-order valence-corrected chi connectivity index (χ0v) is 55.8.